The Morgan fingerprint density at radius 3 is 2.36 bits per heavy atom. The van der Waals surface area contributed by atoms with Gasteiger partial charge in [-0.3, -0.25) is 0 Å². The SMILES string of the molecule is C=C(O)Cc1ccc([18OH])cc1. The first-order chi connectivity index (χ1) is 5.18. The van der Waals surface area contributed by atoms with E-state index in [-0.39, 0.29) is 11.5 Å². The van der Waals surface area contributed by atoms with Crippen LogP contribution in [0.15, 0.2) is 36.6 Å². The zero-order chi connectivity index (χ0) is 8.27. The molecule has 0 aromatic heterocycles. The number of aliphatic hydroxyl groups excluding tert-OH is 1. The lowest BCUT2D eigenvalue weighted by Gasteiger charge is -1.98. The van der Waals surface area contributed by atoms with Crippen molar-refractivity contribution in [3.63, 3.8) is 0 Å². The third kappa shape index (κ3) is 2.34. The van der Waals surface area contributed by atoms with Crippen LogP contribution in [0, 0.1) is 0 Å². The summed E-state index contributed by atoms with van der Waals surface area (Å²) in [4.78, 5) is 0. The first kappa shape index (κ1) is 7.66. The molecule has 0 aliphatic carbocycles. The van der Waals surface area contributed by atoms with Crippen molar-refractivity contribution in [2.45, 2.75) is 6.42 Å². The van der Waals surface area contributed by atoms with Crippen molar-refractivity contribution in [1.82, 2.24) is 0 Å². The second-order valence-corrected chi connectivity index (χ2v) is 2.41. The summed E-state index contributed by atoms with van der Waals surface area (Å²) in [6, 6.07) is 6.66. The lowest BCUT2D eigenvalue weighted by atomic mass is 10.1. The molecule has 0 saturated heterocycles. The summed E-state index contributed by atoms with van der Waals surface area (Å²) in [5, 5.41) is 17.7. The van der Waals surface area contributed by atoms with E-state index in [0.717, 1.165) is 5.56 Å². The minimum Gasteiger partial charge on any atom is -0.513 e. The Labute approximate surface area is 65.4 Å². The van der Waals surface area contributed by atoms with E-state index < -0.39 is 0 Å². The van der Waals surface area contributed by atoms with Crippen molar-refractivity contribution in [3.05, 3.63) is 42.2 Å². The molecule has 0 saturated carbocycles. The Morgan fingerprint density at radius 2 is 1.91 bits per heavy atom. The van der Waals surface area contributed by atoms with Gasteiger partial charge in [-0.2, -0.15) is 0 Å². The Bertz CT molecular complexity index is 249. The number of benzene rings is 1. The largest absolute Gasteiger partial charge is 0.513 e. The van der Waals surface area contributed by atoms with Crippen molar-refractivity contribution < 1.29 is 10.2 Å². The average molecular weight is 152 g/mol. The Balaban J connectivity index is 2.74. The predicted molar refractivity (Wildman–Crippen MR) is 43.6 cm³/mol. The van der Waals surface area contributed by atoms with Crippen LogP contribution in [0.5, 0.6) is 5.75 Å². The van der Waals surface area contributed by atoms with E-state index in [9.17, 15) is 0 Å². The summed E-state index contributed by atoms with van der Waals surface area (Å²) < 4.78 is 0. The molecule has 0 heterocycles. The molecule has 11 heavy (non-hydrogen) atoms. The van der Waals surface area contributed by atoms with Crippen LogP contribution < -0.4 is 0 Å². The minimum atomic E-state index is 0.135. The third-order valence-corrected chi connectivity index (χ3v) is 1.34. The molecule has 1 aromatic rings. The van der Waals surface area contributed by atoms with E-state index in [1.807, 2.05) is 0 Å². The second kappa shape index (κ2) is 3.10. The lowest BCUT2D eigenvalue weighted by molar-refractivity contribution is 0.401. The van der Waals surface area contributed by atoms with Gasteiger partial charge in [0.25, 0.3) is 0 Å². The standard InChI is InChI=1S/C9H10O2/c1-7(10)6-8-2-4-9(11)5-3-8/h2-5,10-11H,1,6H2/i11+2. The molecule has 2 nitrogen and oxygen atoms in total. The zero-order valence-corrected chi connectivity index (χ0v) is 6.12. The molecule has 0 unspecified atom stereocenters. The fourth-order valence-electron chi connectivity index (χ4n) is 0.849. The molecule has 0 bridgehead atoms. The molecule has 0 spiro atoms. The molecule has 0 amide bonds. The van der Waals surface area contributed by atoms with Gasteiger partial charge >= 0.3 is 0 Å². The van der Waals surface area contributed by atoms with Crippen LogP contribution >= 0.6 is 0 Å². The van der Waals surface area contributed by atoms with E-state index in [4.69, 9.17) is 10.2 Å². The number of hydrogen-bond acceptors (Lipinski definition) is 2. The van der Waals surface area contributed by atoms with E-state index in [2.05, 4.69) is 6.58 Å². The highest BCUT2D eigenvalue weighted by Crippen LogP contribution is 2.11. The van der Waals surface area contributed by atoms with Gasteiger partial charge in [-0.15, -0.1) is 0 Å². The number of phenolic OH excluding ortho intramolecular Hbond substituents is 1. The predicted octanol–water partition coefficient (Wildman–Crippen LogP) is 2.01. The van der Waals surface area contributed by atoms with Crippen molar-refractivity contribution in [3.8, 4) is 5.75 Å². The van der Waals surface area contributed by atoms with Crippen LogP contribution in [0.25, 0.3) is 0 Å². The number of hydrogen-bond donors (Lipinski definition) is 2. The maximum absolute atomic E-state index is 8.91. The van der Waals surface area contributed by atoms with Crippen LogP contribution in [0.4, 0.5) is 0 Å². The van der Waals surface area contributed by atoms with Gasteiger partial charge in [0.2, 0.25) is 0 Å². The molecule has 0 fully saturated rings. The molecule has 58 valence electrons. The van der Waals surface area contributed by atoms with Crippen LogP contribution in [0.2, 0.25) is 0 Å². The first-order valence-corrected chi connectivity index (χ1v) is 3.33. The highest BCUT2D eigenvalue weighted by atomic mass is 18.2. The van der Waals surface area contributed by atoms with Gasteiger partial charge in [0.1, 0.15) is 5.75 Å². The summed E-state index contributed by atoms with van der Waals surface area (Å²) in [6.45, 7) is 3.37. The highest BCUT2D eigenvalue weighted by Gasteiger charge is 1.93. The van der Waals surface area contributed by atoms with Crippen LogP contribution in [-0.2, 0) is 6.42 Å². The smallest absolute Gasteiger partial charge is 0.115 e. The topological polar surface area (TPSA) is 40.5 Å². The molecular formula is C9H10O2. The Hall–Kier alpha value is -1.44. The summed E-state index contributed by atoms with van der Waals surface area (Å²) in [5.41, 5.74) is 0.940. The van der Waals surface area contributed by atoms with Gasteiger partial charge in [-0.1, -0.05) is 18.7 Å². The number of aromatic hydroxyl groups is 1. The molecule has 0 aliphatic rings. The molecule has 0 radical (unpaired) electrons. The maximum atomic E-state index is 8.91. The molecule has 2 heteroatoms. The fraction of sp³-hybridized carbons (Fsp3) is 0.111. The van der Waals surface area contributed by atoms with Crippen LogP contribution in [0.3, 0.4) is 0 Å². The number of allylic oxidation sites excluding steroid dienone is 1. The molecule has 0 aliphatic heterocycles. The summed E-state index contributed by atoms with van der Waals surface area (Å²) in [7, 11) is 0. The lowest BCUT2D eigenvalue weighted by Crippen LogP contribution is -1.85. The minimum absolute atomic E-state index is 0.135. The molecule has 2 N–H and O–H groups in total. The van der Waals surface area contributed by atoms with Crippen molar-refractivity contribution >= 4 is 0 Å². The normalized spacial score (nSPS) is 9.45. The van der Waals surface area contributed by atoms with Crippen molar-refractivity contribution in [2.75, 3.05) is 0 Å². The fourth-order valence-corrected chi connectivity index (χ4v) is 0.849. The Kier molecular flexibility index (Phi) is 2.16. The van der Waals surface area contributed by atoms with Gasteiger partial charge in [-0.25, -0.2) is 0 Å². The van der Waals surface area contributed by atoms with Gasteiger partial charge in [0.15, 0.2) is 0 Å². The van der Waals surface area contributed by atoms with Gasteiger partial charge in [-0.05, 0) is 17.7 Å². The van der Waals surface area contributed by atoms with Crippen molar-refractivity contribution in [2.24, 2.45) is 0 Å². The monoisotopic (exact) mass is 152 g/mol. The van der Waals surface area contributed by atoms with Crippen LogP contribution in [0.1, 0.15) is 5.56 Å². The molecule has 0 atom stereocenters. The molecule has 1 aromatic carbocycles. The zero-order valence-electron chi connectivity index (χ0n) is 6.12. The average Bonchev–Trinajstić information content (AvgIpc) is 1.93. The van der Waals surface area contributed by atoms with Crippen molar-refractivity contribution in [1.29, 1.82) is 0 Å². The number of rotatable bonds is 2. The van der Waals surface area contributed by atoms with E-state index in [1.165, 1.54) is 0 Å². The first-order valence-electron chi connectivity index (χ1n) is 3.33. The quantitative estimate of drug-likeness (QED) is 0.502. The van der Waals surface area contributed by atoms with Gasteiger partial charge in [0.05, 0.1) is 5.76 Å². The summed E-state index contributed by atoms with van der Waals surface area (Å²) >= 11 is 0. The molecule has 1 rings (SSSR count). The summed E-state index contributed by atoms with van der Waals surface area (Å²) in [5.74, 6) is 0.369. The Morgan fingerprint density at radius 1 is 1.36 bits per heavy atom. The van der Waals surface area contributed by atoms with E-state index >= 15 is 0 Å². The maximum Gasteiger partial charge on any atom is 0.115 e. The second-order valence-electron chi connectivity index (χ2n) is 2.41. The highest BCUT2D eigenvalue weighted by molar-refractivity contribution is 5.27. The third-order valence-electron chi connectivity index (χ3n) is 1.34. The van der Waals surface area contributed by atoms with Gasteiger partial charge < -0.3 is 10.2 Å². The number of aliphatic hydroxyl groups is 1. The van der Waals surface area contributed by atoms with Gasteiger partial charge in [0, 0.05) is 6.42 Å². The number of phenols is 1. The summed E-state index contributed by atoms with van der Waals surface area (Å²) in [6.07, 6.45) is 0.445. The van der Waals surface area contributed by atoms with Crippen LogP contribution in [-0.4, -0.2) is 10.2 Å². The van der Waals surface area contributed by atoms with E-state index in [1.54, 1.807) is 24.3 Å². The molecular weight excluding hydrogens is 142 g/mol. The van der Waals surface area contributed by atoms with E-state index in [0.29, 0.717) is 6.42 Å².